The van der Waals surface area contributed by atoms with Gasteiger partial charge in [-0.1, -0.05) is 32.0 Å². The lowest BCUT2D eigenvalue weighted by atomic mass is 9.93. The minimum absolute atomic E-state index is 0.0281. The lowest BCUT2D eigenvalue weighted by molar-refractivity contribution is -0.119. The summed E-state index contributed by atoms with van der Waals surface area (Å²) in [4.78, 5) is 15.9. The molecule has 0 saturated heterocycles. The predicted octanol–water partition coefficient (Wildman–Crippen LogP) is 1.57. The Hall–Kier alpha value is -1.39. The van der Waals surface area contributed by atoms with Crippen molar-refractivity contribution in [2.75, 3.05) is 38.6 Å². The van der Waals surface area contributed by atoms with Gasteiger partial charge in [-0.15, -0.1) is 0 Å². The van der Waals surface area contributed by atoms with Crippen LogP contribution in [0.1, 0.15) is 13.8 Å². The Balaban J connectivity index is 2.55. The minimum Gasteiger partial charge on any atom is -0.330 e. The van der Waals surface area contributed by atoms with E-state index in [0.717, 1.165) is 12.2 Å². The third-order valence-electron chi connectivity index (χ3n) is 3.17. The van der Waals surface area contributed by atoms with E-state index in [-0.39, 0.29) is 11.3 Å². The first-order chi connectivity index (χ1) is 8.85. The summed E-state index contributed by atoms with van der Waals surface area (Å²) >= 11 is 0. The Morgan fingerprint density at radius 1 is 1.21 bits per heavy atom. The Morgan fingerprint density at radius 3 is 2.32 bits per heavy atom. The molecule has 1 rings (SSSR count). The molecular weight excluding hydrogens is 238 g/mol. The molecule has 0 spiro atoms. The molecule has 1 aromatic carbocycles. The largest absolute Gasteiger partial charge is 0.330 e. The highest BCUT2D eigenvalue weighted by Crippen LogP contribution is 2.15. The van der Waals surface area contributed by atoms with Crippen LogP contribution in [0.15, 0.2) is 30.3 Å². The van der Waals surface area contributed by atoms with Gasteiger partial charge in [0.25, 0.3) is 0 Å². The summed E-state index contributed by atoms with van der Waals surface area (Å²) in [6, 6.07) is 9.67. The predicted molar refractivity (Wildman–Crippen MR) is 80.2 cm³/mol. The van der Waals surface area contributed by atoms with Crippen LogP contribution < -0.4 is 10.6 Å². The second-order valence-corrected chi connectivity index (χ2v) is 5.83. The van der Waals surface area contributed by atoms with Crippen LogP contribution in [0, 0.1) is 5.41 Å². The van der Waals surface area contributed by atoms with Crippen LogP contribution in [0.4, 0.5) is 5.69 Å². The lowest BCUT2D eigenvalue weighted by Gasteiger charge is -2.29. The molecule has 2 N–H and O–H groups in total. The first kappa shape index (κ1) is 15.7. The second kappa shape index (κ2) is 6.68. The number of carbonyl (C=O) groups is 1. The molecule has 0 saturated carbocycles. The molecule has 106 valence electrons. The zero-order chi connectivity index (χ0) is 14.5. The maximum Gasteiger partial charge on any atom is 0.240 e. The molecule has 19 heavy (non-hydrogen) atoms. The van der Waals surface area contributed by atoms with Gasteiger partial charge in [0.15, 0.2) is 0 Å². The standard InChI is InChI=1S/C15H25N3O/c1-15(2,11-16)12-17(3)10-14(19)18(4)13-8-6-5-7-9-13/h5-9H,10-12,16H2,1-4H3. The van der Waals surface area contributed by atoms with E-state index in [1.807, 2.05) is 42.3 Å². The van der Waals surface area contributed by atoms with Gasteiger partial charge in [0, 0.05) is 19.3 Å². The number of benzene rings is 1. The average molecular weight is 263 g/mol. The molecule has 0 heterocycles. The number of rotatable bonds is 6. The molecule has 4 heteroatoms. The molecule has 1 amide bonds. The Kier molecular flexibility index (Phi) is 5.51. The van der Waals surface area contributed by atoms with Gasteiger partial charge in [-0.2, -0.15) is 0 Å². The van der Waals surface area contributed by atoms with Crippen LogP contribution in [-0.2, 0) is 4.79 Å². The SMILES string of the molecule is CN(CC(=O)N(C)c1ccccc1)CC(C)(C)CN. The van der Waals surface area contributed by atoms with Crippen LogP contribution in [0.2, 0.25) is 0 Å². The molecule has 0 aromatic heterocycles. The number of para-hydroxylation sites is 1. The maximum atomic E-state index is 12.2. The van der Waals surface area contributed by atoms with Crippen molar-refractivity contribution in [2.24, 2.45) is 11.1 Å². The fourth-order valence-electron chi connectivity index (χ4n) is 1.98. The van der Waals surface area contributed by atoms with Crippen LogP contribution in [0.25, 0.3) is 0 Å². The van der Waals surface area contributed by atoms with E-state index in [0.29, 0.717) is 13.1 Å². The summed E-state index contributed by atoms with van der Waals surface area (Å²) in [5.74, 6) is 0.0847. The molecule has 0 unspecified atom stereocenters. The van der Waals surface area contributed by atoms with E-state index in [4.69, 9.17) is 5.73 Å². The van der Waals surface area contributed by atoms with Crippen molar-refractivity contribution in [3.05, 3.63) is 30.3 Å². The highest BCUT2D eigenvalue weighted by atomic mass is 16.2. The van der Waals surface area contributed by atoms with Crippen LogP contribution >= 0.6 is 0 Å². The number of anilines is 1. The number of nitrogens with two attached hydrogens (primary N) is 1. The fraction of sp³-hybridized carbons (Fsp3) is 0.533. The van der Waals surface area contributed by atoms with E-state index in [9.17, 15) is 4.79 Å². The Bertz CT molecular complexity index is 403. The molecule has 0 aliphatic heterocycles. The van der Waals surface area contributed by atoms with Gasteiger partial charge in [0.1, 0.15) is 0 Å². The molecule has 1 aromatic rings. The molecule has 4 nitrogen and oxygen atoms in total. The van der Waals surface area contributed by atoms with Gasteiger partial charge in [-0.25, -0.2) is 0 Å². The topological polar surface area (TPSA) is 49.6 Å². The number of carbonyl (C=O) groups excluding carboxylic acids is 1. The van der Waals surface area contributed by atoms with Crippen LogP contribution in [-0.4, -0.2) is 44.5 Å². The highest BCUT2D eigenvalue weighted by molar-refractivity contribution is 5.94. The average Bonchev–Trinajstić information content (AvgIpc) is 2.38. The fourth-order valence-corrected chi connectivity index (χ4v) is 1.98. The van der Waals surface area contributed by atoms with Gasteiger partial charge >= 0.3 is 0 Å². The van der Waals surface area contributed by atoms with Crippen LogP contribution in [0.5, 0.6) is 0 Å². The Morgan fingerprint density at radius 2 is 1.79 bits per heavy atom. The zero-order valence-corrected chi connectivity index (χ0v) is 12.4. The van der Waals surface area contributed by atoms with Crippen molar-refractivity contribution >= 4 is 11.6 Å². The van der Waals surface area contributed by atoms with Crippen molar-refractivity contribution in [1.82, 2.24) is 4.90 Å². The summed E-state index contributed by atoms with van der Waals surface area (Å²) in [6.07, 6.45) is 0. The minimum atomic E-state index is 0.0281. The number of likely N-dealkylation sites (N-methyl/N-ethyl adjacent to an activating group) is 2. The third-order valence-corrected chi connectivity index (χ3v) is 3.17. The first-order valence-corrected chi connectivity index (χ1v) is 6.56. The Labute approximate surface area is 116 Å². The summed E-state index contributed by atoms with van der Waals surface area (Å²) in [6.45, 7) is 6.02. The van der Waals surface area contributed by atoms with E-state index in [2.05, 4.69) is 13.8 Å². The van der Waals surface area contributed by atoms with Crippen molar-refractivity contribution in [3.8, 4) is 0 Å². The summed E-state index contributed by atoms with van der Waals surface area (Å²) in [5, 5.41) is 0. The van der Waals surface area contributed by atoms with Crippen molar-refractivity contribution < 1.29 is 4.79 Å². The molecule has 0 aliphatic carbocycles. The van der Waals surface area contributed by atoms with Gasteiger partial charge in [0.2, 0.25) is 5.91 Å². The highest BCUT2D eigenvalue weighted by Gasteiger charge is 2.20. The van der Waals surface area contributed by atoms with Crippen molar-refractivity contribution in [2.45, 2.75) is 13.8 Å². The van der Waals surface area contributed by atoms with E-state index in [1.54, 1.807) is 11.9 Å². The number of hydrogen-bond acceptors (Lipinski definition) is 3. The third kappa shape index (κ3) is 5.01. The van der Waals surface area contributed by atoms with E-state index >= 15 is 0 Å². The van der Waals surface area contributed by atoms with Crippen LogP contribution in [0.3, 0.4) is 0 Å². The van der Waals surface area contributed by atoms with Crippen molar-refractivity contribution in [3.63, 3.8) is 0 Å². The van der Waals surface area contributed by atoms with E-state index in [1.165, 1.54) is 0 Å². The number of nitrogens with zero attached hydrogens (tertiary/aromatic N) is 2. The lowest BCUT2D eigenvalue weighted by Crippen LogP contribution is -2.42. The first-order valence-electron chi connectivity index (χ1n) is 6.56. The molecular formula is C15H25N3O. The van der Waals surface area contributed by atoms with E-state index < -0.39 is 0 Å². The quantitative estimate of drug-likeness (QED) is 0.847. The zero-order valence-electron chi connectivity index (χ0n) is 12.4. The summed E-state index contributed by atoms with van der Waals surface area (Å²) in [5.41, 5.74) is 6.66. The molecule has 0 atom stereocenters. The smallest absolute Gasteiger partial charge is 0.240 e. The monoisotopic (exact) mass is 263 g/mol. The molecule has 0 aliphatic rings. The van der Waals surface area contributed by atoms with Gasteiger partial charge in [0.05, 0.1) is 6.54 Å². The summed E-state index contributed by atoms with van der Waals surface area (Å²) in [7, 11) is 3.76. The van der Waals surface area contributed by atoms with Gasteiger partial charge < -0.3 is 10.6 Å². The maximum absolute atomic E-state index is 12.2. The molecule has 0 fully saturated rings. The number of hydrogen-bond donors (Lipinski definition) is 1. The van der Waals surface area contributed by atoms with Crippen molar-refractivity contribution in [1.29, 1.82) is 0 Å². The molecule has 0 bridgehead atoms. The molecule has 0 radical (unpaired) electrons. The second-order valence-electron chi connectivity index (χ2n) is 5.83. The normalized spacial score (nSPS) is 11.7. The van der Waals surface area contributed by atoms with Gasteiger partial charge in [-0.3, -0.25) is 9.69 Å². The summed E-state index contributed by atoms with van der Waals surface area (Å²) < 4.78 is 0. The van der Waals surface area contributed by atoms with Gasteiger partial charge in [-0.05, 0) is 31.1 Å². The number of amides is 1.